The largest absolute Gasteiger partial charge is 0.488 e. The van der Waals surface area contributed by atoms with Gasteiger partial charge in [-0.3, -0.25) is 9.63 Å². The lowest BCUT2D eigenvalue weighted by Crippen LogP contribution is -2.29. The average Bonchev–Trinajstić information content (AvgIpc) is 2.24. The van der Waals surface area contributed by atoms with Crippen molar-refractivity contribution in [2.24, 2.45) is 0 Å². The third-order valence-electron chi connectivity index (χ3n) is 1.68. The van der Waals surface area contributed by atoms with Crippen molar-refractivity contribution < 1.29 is 33.7 Å². The average molecular weight is 277 g/mol. The minimum absolute atomic E-state index is 0.0753. The zero-order chi connectivity index (χ0) is 13.6. The molecule has 0 bridgehead atoms. The molecule has 0 heterocycles. The topological polar surface area (TPSA) is 117 Å². The summed E-state index contributed by atoms with van der Waals surface area (Å²) in [6.45, 7) is -0.897. The van der Waals surface area contributed by atoms with Crippen molar-refractivity contribution in [3.05, 3.63) is 35.9 Å². The standard InChI is InChI=1S/C9H12NO7P/c11-9(12)6-10(17-18(13,14)15)16-7-8-4-2-1-3-5-8/h1-5H,6-7H2,(H,11,12)(H2,13,14,15). The SMILES string of the molecule is O=C(O)CN(OCc1ccccc1)OP(=O)(O)O. The molecular weight excluding hydrogens is 265 g/mol. The third-order valence-corrected chi connectivity index (χ3v) is 2.07. The molecule has 0 aliphatic rings. The normalized spacial score (nSPS) is 11.7. The van der Waals surface area contributed by atoms with E-state index in [0.29, 0.717) is 5.56 Å². The van der Waals surface area contributed by atoms with E-state index >= 15 is 0 Å². The maximum atomic E-state index is 10.6. The number of carbonyl (C=O) groups is 1. The number of hydroxylamine groups is 2. The highest BCUT2D eigenvalue weighted by Crippen LogP contribution is 2.37. The molecule has 1 rings (SSSR count). The molecule has 8 nitrogen and oxygen atoms in total. The minimum atomic E-state index is -4.86. The Labute approximate surface area is 103 Å². The lowest BCUT2D eigenvalue weighted by atomic mass is 10.2. The molecule has 0 aliphatic carbocycles. The Hall–Kier alpha value is -1.28. The van der Waals surface area contributed by atoms with Crippen molar-refractivity contribution in [3.8, 4) is 0 Å². The van der Waals surface area contributed by atoms with Crippen LogP contribution in [0.3, 0.4) is 0 Å². The van der Waals surface area contributed by atoms with Crippen LogP contribution in [0.5, 0.6) is 0 Å². The van der Waals surface area contributed by atoms with Gasteiger partial charge >= 0.3 is 13.8 Å². The van der Waals surface area contributed by atoms with E-state index in [2.05, 4.69) is 4.62 Å². The van der Waals surface area contributed by atoms with E-state index in [9.17, 15) is 9.36 Å². The van der Waals surface area contributed by atoms with Crippen LogP contribution in [0.25, 0.3) is 0 Å². The summed E-state index contributed by atoms with van der Waals surface area (Å²) in [5.74, 6) is -1.35. The molecule has 9 heteroatoms. The highest BCUT2D eigenvalue weighted by atomic mass is 31.2. The Balaban J connectivity index is 2.56. The van der Waals surface area contributed by atoms with Crippen LogP contribution in [0.15, 0.2) is 30.3 Å². The molecule has 3 N–H and O–H groups in total. The maximum Gasteiger partial charge on any atom is 0.488 e. The summed E-state index contributed by atoms with van der Waals surface area (Å²) in [4.78, 5) is 32.5. The Morgan fingerprint density at radius 1 is 1.28 bits per heavy atom. The molecule has 0 saturated heterocycles. The molecule has 18 heavy (non-hydrogen) atoms. The minimum Gasteiger partial charge on any atom is -0.480 e. The Morgan fingerprint density at radius 2 is 1.89 bits per heavy atom. The van der Waals surface area contributed by atoms with Gasteiger partial charge in [0, 0.05) is 0 Å². The number of benzene rings is 1. The predicted molar refractivity (Wildman–Crippen MR) is 58.7 cm³/mol. The molecule has 1 aromatic carbocycles. The molecule has 0 spiro atoms. The van der Waals surface area contributed by atoms with Gasteiger partial charge in [-0.1, -0.05) is 30.3 Å². The second kappa shape index (κ2) is 6.60. The number of carboxylic acids is 1. The number of rotatable bonds is 7. The summed E-state index contributed by atoms with van der Waals surface area (Å²) in [6, 6.07) is 8.67. The van der Waals surface area contributed by atoms with Crippen molar-refractivity contribution >= 4 is 13.8 Å². The number of nitrogens with zero attached hydrogens (tertiary/aromatic N) is 1. The number of aliphatic carboxylic acids is 1. The van der Waals surface area contributed by atoms with Gasteiger partial charge in [0.1, 0.15) is 6.54 Å². The van der Waals surface area contributed by atoms with Crippen LogP contribution in [0.1, 0.15) is 5.56 Å². The summed E-state index contributed by atoms with van der Waals surface area (Å²) in [5, 5.41) is 8.77. The number of phosphoric acid groups is 1. The number of carboxylic acid groups (broad SMARTS) is 1. The van der Waals surface area contributed by atoms with Gasteiger partial charge < -0.3 is 14.9 Å². The van der Waals surface area contributed by atoms with Crippen LogP contribution >= 0.6 is 7.82 Å². The highest BCUT2D eigenvalue weighted by molar-refractivity contribution is 7.46. The van der Waals surface area contributed by atoms with E-state index in [1.54, 1.807) is 30.3 Å². The zero-order valence-electron chi connectivity index (χ0n) is 9.17. The molecule has 0 aliphatic heterocycles. The molecule has 0 aromatic heterocycles. The first-order valence-electron chi connectivity index (χ1n) is 4.78. The zero-order valence-corrected chi connectivity index (χ0v) is 10.1. The van der Waals surface area contributed by atoms with Crippen LogP contribution in [0.4, 0.5) is 0 Å². The molecule has 0 fully saturated rings. The Morgan fingerprint density at radius 3 is 2.39 bits per heavy atom. The molecule has 0 amide bonds. The van der Waals surface area contributed by atoms with E-state index in [1.807, 2.05) is 0 Å². The second-order valence-electron chi connectivity index (χ2n) is 3.22. The van der Waals surface area contributed by atoms with Gasteiger partial charge in [-0.25, -0.2) is 4.57 Å². The molecule has 100 valence electrons. The Bertz CT molecular complexity index is 432. The van der Waals surface area contributed by atoms with E-state index in [-0.39, 0.29) is 11.8 Å². The molecule has 0 atom stereocenters. The molecular formula is C9H12NO7P. The van der Waals surface area contributed by atoms with E-state index in [0.717, 1.165) is 0 Å². The third kappa shape index (κ3) is 6.45. The van der Waals surface area contributed by atoms with Gasteiger partial charge in [-0.2, -0.15) is 4.62 Å². The van der Waals surface area contributed by atoms with Crippen LogP contribution < -0.4 is 0 Å². The quantitative estimate of drug-likeness (QED) is 0.488. The van der Waals surface area contributed by atoms with E-state index < -0.39 is 20.3 Å². The lowest BCUT2D eigenvalue weighted by molar-refractivity contribution is -0.328. The van der Waals surface area contributed by atoms with Crippen LogP contribution in [0, 0.1) is 0 Å². The fourth-order valence-corrected chi connectivity index (χ4v) is 1.39. The van der Waals surface area contributed by atoms with E-state index in [4.69, 9.17) is 19.7 Å². The molecule has 0 saturated carbocycles. The maximum absolute atomic E-state index is 10.6. The van der Waals surface area contributed by atoms with Crippen LogP contribution in [0.2, 0.25) is 0 Å². The first-order chi connectivity index (χ1) is 8.37. The first kappa shape index (κ1) is 14.8. The molecule has 1 aromatic rings. The van der Waals surface area contributed by atoms with E-state index in [1.165, 1.54) is 0 Å². The van der Waals surface area contributed by atoms with Gasteiger partial charge in [0.25, 0.3) is 0 Å². The molecule has 0 radical (unpaired) electrons. The van der Waals surface area contributed by atoms with Gasteiger partial charge in [-0.15, -0.1) is 0 Å². The summed E-state index contributed by atoms with van der Waals surface area (Å²) >= 11 is 0. The van der Waals surface area contributed by atoms with Crippen molar-refractivity contribution in [2.75, 3.05) is 6.54 Å². The van der Waals surface area contributed by atoms with Crippen LogP contribution in [-0.4, -0.2) is 32.6 Å². The number of hydrogen-bond acceptors (Lipinski definition) is 5. The van der Waals surface area contributed by atoms with Crippen molar-refractivity contribution in [1.82, 2.24) is 5.23 Å². The highest BCUT2D eigenvalue weighted by Gasteiger charge is 2.23. The fourth-order valence-electron chi connectivity index (χ4n) is 1.05. The smallest absolute Gasteiger partial charge is 0.480 e. The number of hydrogen-bond donors (Lipinski definition) is 3. The van der Waals surface area contributed by atoms with Crippen molar-refractivity contribution in [2.45, 2.75) is 6.61 Å². The van der Waals surface area contributed by atoms with Crippen molar-refractivity contribution in [1.29, 1.82) is 0 Å². The predicted octanol–water partition coefficient (Wildman–Crippen LogP) is 0.529. The second-order valence-corrected chi connectivity index (χ2v) is 4.36. The summed E-state index contributed by atoms with van der Waals surface area (Å²) in [6.07, 6.45) is 0. The van der Waals surface area contributed by atoms with Gasteiger partial charge in [0.15, 0.2) is 0 Å². The van der Waals surface area contributed by atoms with Crippen molar-refractivity contribution in [3.63, 3.8) is 0 Å². The summed E-state index contributed by atoms with van der Waals surface area (Å²) in [5.41, 5.74) is 0.696. The van der Waals surface area contributed by atoms with Crippen LogP contribution in [-0.2, 0) is 25.4 Å². The van der Waals surface area contributed by atoms with Gasteiger partial charge in [0.05, 0.1) is 6.61 Å². The van der Waals surface area contributed by atoms with Gasteiger partial charge in [0.2, 0.25) is 0 Å². The monoisotopic (exact) mass is 277 g/mol. The Kier molecular flexibility index (Phi) is 5.42. The summed E-state index contributed by atoms with van der Waals surface area (Å²) < 4.78 is 14.7. The summed E-state index contributed by atoms with van der Waals surface area (Å²) in [7, 11) is -4.86. The lowest BCUT2D eigenvalue weighted by Gasteiger charge is -2.18. The fraction of sp³-hybridized carbons (Fsp3) is 0.222. The first-order valence-corrected chi connectivity index (χ1v) is 6.31. The molecule has 0 unspecified atom stereocenters. The van der Waals surface area contributed by atoms with Gasteiger partial charge in [-0.05, 0) is 10.8 Å².